The molecule has 0 atom stereocenters. The number of hydrogen-bond acceptors (Lipinski definition) is 2. The van der Waals surface area contributed by atoms with Crippen molar-refractivity contribution in [3.8, 4) is 0 Å². The summed E-state index contributed by atoms with van der Waals surface area (Å²) in [5, 5.41) is 0. The van der Waals surface area contributed by atoms with E-state index in [1.165, 1.54) is 30.5 Å². The molecular formula is C15H23BrN2. The summed E-state index contributed by atoms with van der Waals surface area (Å²) < 4.78 is 1.13. The van der Waals surface area contributed by atoms with Crippen LogP contribution in [0.15, 0.2) is 22.7 Å². The monoisotopic (exact) mass is 310 g/mol. The van der Waals surface area contributed by atoms with Crippen molar-refractivity contribution in [1.82, 2.24) is 0 Å². The molecule has 2 rings (SSSR count). The first kappa shape index (κ1) is 13.9. The van der Waals surface area contributed by atoms with E-state index in [0.29, 0.717) is 6.54 Å². The van der Waals surface area contributed by atoms with E-state index in [2.05, 4.69) is 52.9 Å². The molecule has 0 heterocycles. The molecule has 0 radical (unpaired) electrons. The second-order valence-electron chi connectivity index (χ2n) is 5.63. The van der Waals surface area contributed by atoms with Gasteiger partial charge in [-0.05, 0) is 48.9 Å². The van der Waals surface area contributed by atoms with Gasteiger partial charge in [0.2, 0.25) is 0 Å². The van der Waals surface area contributed by atoms with E-state index in [4.69, 9.17) is 5.73 Å². The standard InChI is InChI=1S/C15H23BrN2/c1-11(2)5-6-18(14-3-4-14)15-8-12(10-17)7-13(16)9-15/h7-9,11,14H,3-6,10,17H2,1-2H3. The first-order chi connectivity index (χ1) is 8.60. The Morgan fingerprint density at radius 2 is 2.06 bits per heavy atom. The molecule has 2 N–H and O–H groups in total. The lowest BCUT2D eigenvalue weighted by Crippen LogP contribution is -2.27. The van der Waals surface area contributed by atoms with Crippen LogP contribution in [-0.2, 0) is 6.54 Å². The van der Waals surface area contributed by atoms with Gasteiger partial charge in [-0.1, -0.05) is 29.8 Å². The van der Waals surface area contributed by atoms with Gasteiger partial charge in [-0.2, -0.15) is 0 Å². The van der Waals surface area contributed by atoms with Gasteiger partial charge in [0, 0.05) is 29.3 Å². The number of rotatable bonds is 6. The van der Waals surface area contributed by atoms with Gasteiger partial charge in [-0.25, -0.2) is 0 Å². The lowest BCUT2D eigenvalue weighted by Gasteiger charge is -2.26. The van der Waals surface area contributed by atoms with E-state index in [0.717, 1.165) is 23.0 Å². The van der Waals surface area contributed by atoms with Crippen molar-refractivity contribution in [3.63, 3.8) is 0 Å². The molecule has 1 aliphatic rings. The number of nitrogens with zero attached hydrogens (tertiary/aromatic N) is 1. The normalized spacial score (nSPS) is 15.2. The molecule has 0 amide bonds. The van der Waals surface area contributed by atoms with Crippen LogP contribution in [0.2, 0.25) is 0 Å². The molecule has 1 aromatic rings. The average molecular weight is 311 g/mol. The van der Waals surface area contributed by atoms with Gasteiger partial charge in [-0.15, -0.1) is 0 Å². The van der Waals surface area contributed by atoms with Crippen LogP contribution in [0.4, 0.5) is 5.69 Å². The minimum Gasteiger partial charge on any atom is -0.368 e. The molecule has 0 aromatic heterocycles. The molecule has 3 heteroatoms. The van der Waals surface area contributed by atoms with Crippen molar-refractivity contribution < 1.29 is 0 Å². The first-order valence-electron chi connectivity index (χ1n) is 6.86. The molecule has 100 valence electrons. The largest absolute Gasteiger partial charge is 0.368 e. The van der Waals surface area contributed by atoms with Crippen LogP contribution < -0.4 is 10.6 Å². The van der Waals surface area contributed by atoms with E-state index >= 15 is 0 Å². The summed E-state index contributed by atoms with van der Waals surface area (Å²) >= 11 is 3.59. The summed E-state index contributed by atoms with van der Waals surface area (Å²) in [5.41, 5.74) is 8.29. The Morgan fingerprint density at radius 3 is 2.61 bits per heavy atom. The molecular weight excluding hydrogens is 288 g/mol. The van der Waals surface area contributed by atoms with E-state index < -0.39 is 0 Å². The van der Waals surface area contributed by atoms with Crippen LogP contribution in [0.1, 0.15) is 38.7 Å². The van der Waals surface area contributed by atoms with Gasteiger partial charge >= 0.3 is 0 Å². The summed E-state index contributed by atoms with van der Waals surface area (Å²) in [6.45, 7) is 6.34. The lowest BCUT2D eigenvalue weighted by molar-refractivity contribution is 0.570. The van der Waals surface area contributed by atoms with Gasteiger partial charge < -0.3 is 10.6 Å². The van der Waals surface area contributed by atoms with Gasteiger partial charge in [0.15, 0.2) is 0 Å². The van der Waals surface area contributed by atoms with Crippen molar-refractivity contribution in [2.24, 2.45) is 11.7 Å². The van der Waals surface area contributed by atoms with Crippen molar-refractivity contribution in [2.45, 2.75) is 45.7 Å². The minimum atomic E-state index is 0.606. The number of halogens is 1. The zero-order valence-electron chi connectivity index (χ0n) is 11.3. The second-order valence-corrected chi connectivity index (χ2v) is 6.54. The predicted octanol–water partition coefficient (Wildman–Crippen LogP) is 3.92. The quantitative estimate of drug-likeness (QED) is 0.862. The molecule has 0 bridgehead atoms. The topological polar surface area (TPSA) is 29.3 Å². The zero-order valence-corrected chi connectivity index (χ0v) is 12.9. The van der Waals surface area contributed by atoms with Crippen LogP contribution in [0.3, 0.4) is 0 Å². The zero-order chi connectivity index (χ0) is 13.1. The first-order valence-corrected chi connectivity index (χ1v) is 7.65. The third-order valence-electron chi connectivity index (χ3n) is 3.44. The Balaban J connectivity index is 2.16. The maximum absolute atomic E-state index is 5.76. The molecule has 0 unspecified atom stereocenters. The van der Waals surface area contributed by atoms with Crippen molar-refractivity contribution >= 4 is 21.6 Å². The van der Waals surface area contributed by atoms with Crippen molar-refractivity contribution in [2.75, 3.05) is 11.4 Å². The van der Waals surface area contributed by atoms with Crippen molar-refractivity contribution in [3.05, 3.63) is 28.2 Å². The molecule has 0 saturated heterocycles. The number of anilines is 1. The fourth-order valence-corrected chi connectivity index (χ4v) is 2.75. The van der Waals surface area contributed by atoms with Gasteiger partial charge in [-0.3, -0.25) is 0 Å². The maximum Gasteiger partial charge on any atom is 0.0383 e. The van der Waals surface area contributed by atoms with E-state index in [1.54, 1.807) is 0 Å². The van der Waals surface area contributed by atoms with Crippen LogP contribution in [-0.4, -0.2) is 12.6 Å². The number of hydrogen-bond donors (Lipinski definition) is 1. The lowest BCUT2D eigenvalue weighted by atomic mass is 10.1. The molecule has 1 saturated carbocycles. The Morgan fingerprint density at radius 1 is 1.33 bits per heavy atom. The highest BCUT2D eigenvalue weighted by Gasteiger charge is 2.29. The Kier molecular flexibility index (Phi) is 4.68. The fourth-order valence-electron chi connectivity index (χ4n) is 2.22. The number of nitrogens with two attached hydrogens (primary N) is 1. The highest BCUT2D eigenvalue weighted by Crippen LogP contribution is 2.34. The molecule has 1 aromatic carbocycles. The Bertz CT molecular complexity index is 399. The van der Waals surface area contributed by atoms with Gasteiger partial charge in [0.1, 0.15) is 0 Å². The summed E-state index contributed by atoms with van der Waals surface area (Å²) in [5.74, 6) is 0.757. The highest BCUT2D eigenvalue weighted by molar-refractivity contribution is 9.10. The Labute approximate surface area is 119 Å². The van der Waals surface area contributed by atoms with Crippen LogP contribution >= 0.6 is 15.9 Å². The molecule has 0 aliphatic heterocycles. The Hall–Kier alpha value is -0.540. The summed E-state index contributed by atoms with van der Waals surface area (Å²) in [6.07, 6.45) is 3.92. The van der Waals surface area contributed by atoms with Gasteiger partial charge in [0.05, 0.1) is 0 Å². The SMILES string of the molecule is CC(C)CCN(c1cc(Br)cc(CN)c1)C1CC1. The maximum atomic E-state index is 5.76. The average Bonchev–Trinajstić information content (AvgIpc) is 3.12. The van der Waals surface area contributed by atoms with E-state index in [1.807, 2.05) is 0 Å². The van der Waals surface area contributed by atoms with Crippen molar-refractivity contribution in [1.29, 1.82) is 0 Å². The summed E-state index contributed by atoms with van der Waals surface area (Å²) in [6, 6.07) is 7.32. The predicted molar refractivity (Wildman–Crippen MR) is 81.9 cm³/mol. The smallest absolute Gasteiger partial charge is 0.0383 e. The third kappa shape index (κ3) is 3.72. The molecule has 0 spiro atoms. The molecule has 2 nitrogen and oxygen atoms in total. The number of benzene rings is 1. The van der Waals surface area contributed by atoms with E-state index in [9.17, 15) is 0 Å². The van der Waals surface area contributed by atoms with Crippen LogP contribution in [0, 0.1) is 5.92 Å². The summed E-state index contributed by atoms with van der Waals surface area (Å²) in [7, 11) is 0. The fraction of sp³-hybridized carbons (Fsp3) is 0.600. The van der Waals surface area contributed by atoms with Crippen LogP contribution in [0.25, 0.3) is 0 Å². The third-order valence-corrected chi connectivity index (χ3v) is 3.90. The van der Waals surface area contributed by atoms with Gasteiger partial charge in [0.25, 0.3) is 0 Å². The van der Waals surface area contributed by atoms with Crippen LogP contribution in [0.5, 0.6) is 0 Å². The molecule has 1 aliphatic carbocycles. The summed E-state index contributed by atoms with van der Waals surface area (Å²) in [4.78, 5) is 2.56. The van der Waals surface area contributed by atoms with E-state index in [-0.39, 0.29) is 0 Å². The highest BCUT2D eigenvalue weighted by atomic mass is 79.9. The molecule has 1 fully saturated rings. The molecule has 18 heavy (non-hydrogen) atoms. The second kappa shape index (κ2) is 6.07. The minimum absolute atomic E-state index is 0.606.